The van der Waals surface area contributed by atoms with E-state index in [9.17, 15) is 9.59 Å². The van der Waals surface area contributed by atoms with Crippen LogP contribution in [0.3, 0.4) is 0 Å². The van der Waals surface area contributed by atoms with Gasteiger partial charge in [-0.05, 0) is 38.1 Å². The van der Waals surface area contributed by atoms with Crippen molar-refractivity contribution in [3.05, 3.63) is 54.0 Å². The van der Waals surface area contributed by atoms with Crippen molar-refractivity contribution in [2.45, 2.75) is 26.5 Å². The zero-order chi connectivity index (χ0) is 16.7. The van der Waals surface area contributed by atoms with Crippen molar-refractivity contribution >= 4 is 11.9 Å². The van der Waals surface area contributed by atoms with Gasteiger partial charge in [0.2, 0.25) is 0 Å². The molecule has 23 heavy (non-hydrogen) atoms. The first-order valence-corrected chi connectivity index (χ1v) is 7.23. The summed E-state index contributed by atoms with van der Waals surface area (Å²) in [4.78, 5) is 23.4. The summed E-state index contributed by atoms with van der Waals surface area (Å²) in [5.41, 5.74) is 1.10. The zero-order valence-electron chi connectivity index (χ0n) is 13.1. The molecule has 1 aromatic carbocycles. The minimum Gasteiger partial charge on any atom is -0.479 e. The second kappa shape index (κ2) is 8.03. The molecule has 1 unspecified atom stereocenters. The molecular formula is C17H19NO5. The number of hydrogen-bond donors (Lipinski definition) is 1. The molecule has 0 radical (unpaired) electrons. The molecule has 1 atom stereocenters. The molecule has 0 bridgehead atoms. The largest absolute Gasteiger partial charge is 0.479 e. The number of amides is 1. The molecule has 0 fully saturated rings. The van der Waals surface area contributed by atoms with Crippen molar-refractivity contribution in [3.63, 3.8) is 0 Å². The van der Waals surface area contributed by atoms with E-state index in [2.05, 4.69) is 5.32 Å². The van der Waals surface area contributed by atoms with Gasteiger partial charge >= 0.3 is 5.97 Å². The third-order valence-electron chi connectivity index (χ3n) is 3.05. The van der Waals surface area contributed by atoms with Crippen LogP contribution in [-0.4, -0.2) is 24.6 Å². The summed E-state index contributed by atoms with van der Waals surface area (Å²) in [6.45, 7) is 3.42. The number of furan rings is 1. The average molecular weight is 317 g/mol. The summed E-state index contributed by atoms with van der Waals surface area (Å²) < 4.78 is 15.5. The first-order chi connectivity index (χ1) is 11.0. The lowest BCUT2D eigenvalue weighted by atomic mass is 10.2. The summed E-state index contributed by atoms with van der Waals surface area (Å²) in [6, 6.07) is 10.8. The molecular weight excluding hydrogens is 298 g/mol. The fourth-order valence-electron chi connectivity index (χ4n) is 1.77. The predicted octanol–water partition coefficient (Wildman–Crippen LogP) is 2.21. The molecule has 0 aliphatic carbocycles. The van der Waals surface area contributed by atoms with E-state index in [-0.39, 0.29) is 13.2 Å². The minimum absolute atomic E-state index is 0.249. The smallest absolute Gasteiger partial charge is 0.347 e. The molecule has 2 aromatic rings. The first-order valence-electron chi connectivity index (χ1n) is 7.23. The lowest BCUT2D eigenvalue weighted by molar-refractivity contribution is -0.154. The molecule has 0 spiro atoms. The van der Waals surface area contributed by atoms with Crippen LogP contribution in [-0.2, 0) is 20.9 Å². The Hall–Kier alpha value is -2.76. The van der Waals surface area contributed by atoms with Crippen LogP contribution in [0.4, 0.5) is 0 Å². The summed E-state index contributed by atoms with van der Waals surface area (Å²) in [5.74, 6) is 0.194. The quantitative estimate of drug-likeness (QED) is 0.792. The van der Waals surface area contributed by atoms with Gasteiger partial charge in [-0.1, -0.05) is 17.7 Å². The fraction of sp³-hybridized carbons (Fsp3) is 0.294. The van der Waals surface area contributed by atoms with Gasteiger partial charge in [-0.3, -0.25) is 4.79 Å². The maximum atomic E-state index is 11.8. The van der Waals surface area contributed by atoms with E-state index < -0.39 is 18.0 Å². The van der Waals surface area contributed by atoms with Crippen LogP contribution in [0.5, 0.6) is 5.75 Å². The molecule has 0 aliphatic heterocycles. The maximum Gasteiger partial charge on any atom is 0.347 e. The Labute approximate surface area is 134 Å². The summed E-state index contributed by atoms with van der Waals surface area (Å²) in [7, 11) is 0. The van der Waals surface area contributed by atoms with E-state index in [0.29, 0.717) is 11.5 Å². The number of aryl methyl sites for hydroxylation is 1. The second-order valence-electron chi connectivity index (χ2n) is 5.04. The van der Waals surface area contributed by atoms with Crippen molar-refractivity contribution in [2.75, 3.05) is 6.61 Å². The Bertz CT molecular complexity index is 634. The summed E-state index contributed by atoms with van der Waals surface area (Å²) in [6.07, 6.45) is 0.724. The Balaban J connectivity index is 1.70. The van der Waals surface area contributed by atoms with Crippen LogP contribution in [0.25, 0.3) is 0 Å². The van der Waals surface area contributed by atoms with E-state index in [1.54, 1.807) is 31.2 Å². The molecule has 1 aromatic heterocycles. The number of ether oxygens (including phenoxy) is 2. The molecule has 122 valence electrons. The van der Waals surface area contributed by atoms with E-state index in [4.69, 9.17) is 13.9 Å². The van der Waals surface area contributed by atoms with Gasteiger partial charge in [0.15, 0.2) is 12.7 Å². The van der Waals surface area contributed by atoms with Crippen LogP contribution in [0.1, 0.15) is 18.2 Å². The van der Waals surface area contributed by atoms with Gasteiger partial charge in [-0.2, -0.15) is 0 Å². The van der Waals surface area contributed by atoms with E-state index in [1.165, 1.54) is 6.26 Å². The van der Waals surface area contributed by atoms with Gasteiger partial charge in [-0.25, -0.2) is 4.79 Å². The van der Waals surface area contributed by atoms with Crippen LogP contribution < -0.4 is 10.1 Å². The normalized spacial score (nSPS) is 11.6. The van der Waals surface area contributed by atoms with E-state index >= 15 is 0 Å². The van der Waals surface area contributed by atoms with Crippen molar-refractivity contribution < 1.29 is 23.5 Å². The number of carbonyl (C=O) groups excluding carboxylic acids is 2. The van der Waals surface area contributed by atoms with Gasteiger partial charge < -0.3 is 19.2 Å². The molecule has 2 rings (SSSR count). The van der Waals surface area contributed by atoms with Gasteiger partial charge in [0.05, 0.1) is 12.8 Å². The Morgan fingerprint density at radius 2 is 1.96 bits per heavy atom. The number of esters is 1. The van der Waals surface area contributed by atoms with Crippen LogP contribution >= 0.6 is 0 Å². The van der Waals surface area contributed by atoms with E-state index in [1.807, 2.05) is 19.1 Å². The van der Waals surface area contributed by atoms with Gasteiger partial charge in [0.25, 0.3) is 5.91 Å². The molecule has 6 heteroatoms. The molecule has 6 nitrogen and oxygen atoms in total. The highest BCUT2D eigenvalue weighted by atomic mass is 16.6. The Kier molecular flexibility index (Phi) is 5.80. The topological polar surface area (TPSA) is 77.8 Å². The van der Waals surface area contributed by atoms with Crippen molar-refractivity contribution in [3.8, 4) is 5.75 Å². The van der Waals surface area contributed by atoms with Gasteiger partial charge in [-0.15, -0.1) is 0 Å². The predicted molar refractivity (Wildman–Crippen MR) is 82.8 cm³/mol. The van der Waals surface area contributed by atoms with Crippen molar-refractivity contribution in [1.29, 1.82) is 0 Å². The molecule has 1 N–H and O–H groups in total. The van der Waals surface area contributed by atoms with Gasteiger partial charge in [0.1, 0.15) is 11.5 Å². The summed E-state index contributed by atoms with van der Waals surface area (Å²) >= 11 is 0. The monoisotopic (exact) mass is 317 g/mol. The number of hydrogen-bond acceptors (Lipinski definition) is 5. The third kappa shape index (κ3) is 5.50. The van der Waals surface area contributed by atoms with Crippen molar-refractivity contribution in [1.82, 2.24) is 5.32 Å². The molecule has 1 amide bonds. The van der Waals surface area contributed by atoms with Crippen LogP contribution in [0.15, 0.2) is 47.1 Å². The number of rotatable bonds is 7. The maximum absolute atomic E-state index is 11.8. The molecule has 1 heterocycles. The highest BCUT2D eigenvalue weighted by Crippen LogP contribution is 2.13. The van der Waals surface area contributed by atoms with E-state index in [0.717, 1.165) is 5.56 Å². The third-order valence-corrected chi connectivity index (χ3v) is 3.05. The highest BCUT2D eigenvalue weighted by Gasteiger charge is 2.17. The van der Waals surface area contributed by atoms with Crippen molar-refractivity contribution in [2.24, 2.45) is 0 Å². The molecule has 0 saturated heterocycles. The standard InChI is InChI=1S/C17H19NO5/c1-12-5-7-14(8-6-12)23-13(2)17(20)22-11-16(19)18-10-15-4-3-9-21-15/h3-9,13H,10-11H2,1-2H3,(H,18,19). The summed E-state index contributed by atoms with van der Waals surface area (Å²) in [5, 5.41) is 2.58. The number of nitrogens with one attached hydrogen (secondary N) is 1. The Morgan fingerprint density at radius 1 is 1.22 bits per heavy atom. The zero-order valence-corrected chi connectivity index (χ0v) is 13.1. The molecule has 0 saturated carbocycles. The number of carbonyl (C=O) groups is 2. The minimum atomic E-state index is -0.796. The van der Waals surface area contributed by atoms with Gasteiger partial charge in [0, 0.05) is 0 Å². The molecule has 0 aliphatic rings. The fourth-order valence-corrected chi connectivity index (χ4v) is 1.77. The van der Waals surface area contributed by atoms with Crippen LogP contribution in [0, 0.1) is 6.92 Å². The highest BCUT2D eigenvalue weighted by molar-refractivity contribution is 5.81. The Morgan fingerprint density at radius 3 is 2.61 bits per heavy atom. The van der Waals surface area contributed by atoms with Crippen LogP contribution in [0.2, 0.25) is 0 Å². The second-order valence-corrected chi connectivity index (χ2v) is 5.04. The number of benzene rings is 1. The average Bonchev–Trinajstić information content (AvgIpc) is 3.06. The first kappa shape index (κ1) is 16.6. The SMILES string of the molecule is Cc1ccc(OC(C)C(=O)OCC(=O)NCc2ccco2)cc1. The lowest BCUT2D eigenvalue weighted by Gasteiger charge is -2.14. The lowest BCUT2D eigenvalue weighted by Crippen LogP contribution is -2.32.